The third-order valence-corrected chi connectivity index (χ3v) is 2.33. The molecule has 20 heavy (non-hydrogen) atoms. The number of hydrogen-bond acceptors (Lipinski definition) is 4. The molecule has 0 aliphatic carbocycles. The van der Waals surface area contributed by atoms with Gasteiger partial charge in [-0.15, -0.1) is 0 Å². The highest BCUT2D eigenvalue weighted by Gasteiger charge is 2.04. The van der Waals surface area contributed by atoms with Crippen LogP contribution in [0.15, 0.2) is 0 Å². The van der Waals surface area contributed by atoms with E-state index in [1.165, 1.54) is 0 Å². The molecule has 0 unspecified atom stereocenters. The van der Waals surface area contributed by atoms with Crippen LogP contribution in [0.25, 0.3) is 0 Å². The molecule has 0 aliphatic rings. The highest BCUT2D eigenvalue weighted by atomic mass is 16.6. The molecule has 6 heteroatoms. The van der Waals surface area contributed by atoms with Crippen LogP contribution in [0.1, 0.15) is 53.4 Å². The van der Waals surface area contributed by atoms with Crippen molar-refractivity contribution in [3.63, 3.8) is 0 Å². The lowest BCUT2D eigenvalue weighted by Gasteiger charge is -2.10. The molecule has 0 fully saturated rings. The molecule has 2 N–H and O–H groups in total. The molecular formula is C14H28N2O4. The zero-order valence-electron chi connectivity index (χ0n) is 13.0. The van der Waals surface area contributed by atoms with Gasteiger partial charge in [-0.2, -0.15) is 0 Å². The van der Waals surface area contributed by atoms with E-state index in [0.717, 1.165) is 25.7 Å². The van der Waals surface area contributed by atoms with Crippen molar-refractivity contribution in [1.29, 1.82) is 0 Å². The lowest BCUT2D eigenvalue weighted by Crippen LogP contribution is -2.28. The second-order valence-corrected chi connectivity index (χ2v) is 5.18. The maximum atomic E-state index is 11.2. The zero-order valence-corrected chi connectivity index (χ0v) is 13.0. The summed E-state index contributed by atoms with van der Waals surface area (Å²) < 4.78 is 9.88. The number of amides is 2. The van der Waals surface area contributed by atoms with Crippen molar-refractivity contribution in [2.75, 3.05) is 13.1 Å². The van der Waals surface area contributed by atoms with E-state index in [4.69, 9.17) is 9.47 Å². The summed E-state index contributed by atoms with van der Waals surface area (Å²) in [5.74, 6) is 0. The predicted octanol–water partition coefficient (Wildman–Crippen LogP) is 2.82. The van der Waals surface area contributed by atoms with E-state index < -0.39 is 0 Å². The topological polar surface area (TPSA) is 76.7 Å². The number of unbranched alkanes of at least 4 members (excludes halogenated alkanes) is 3. The van der Waals surface area contributed by atoms with Gasteiger partial charge in [0.15, 0.2) is 0 Å². The Labute approximate surface area is 121 Å². The van der Waals surface area contributed by atoms with Gasteiger partial charge in [0.2, 0.25) is 0 Å². The first kappa shape index (κ1) is 18.5. The number of rotatable bonds is 9. The van der Waals surface area contributed by atoms with Gasteiger partial charge in [-0.3, -0.25) is 0 Å². The molecule has 0 heterocycles. The van der Waals surface area contributed by atoms with Crippen LogP contribution >= 0.6 is 0 Å². The third kappa shape index (κ3) is 13.0. The van der Waals surface area contributed by atoms with Crippen LogP contribution in [0.2, 0.25) is 0 Å². The second kappa shape index (κ2) is 11.4. The van der Waals surface area contributed by atoms with Crippen molar-refractivity contribution in [2.45, 2.75) is 65.6 Å². The minimum Gasteiger partial charge on any atom is -0.447 e. The van der Waals surface area contributed by atoms with Crippen molar-refractivity contribution in [3.8, 4) is 0 Å². The van der Waals surface area contributed by atoms with Crippen molar-refractivity contribution < 1.29 is 19.1 Å². The third-order valence-electron chi connectivity index (χ3n) is 2.33. The number of carbonyl (C=O) groups is 2. The van der Waals surface area contributed by atoms with Crippen LogP contribution in [0, 0.1) is 0 Å². The Morgan fingerprint density at radius 3 is 1.40 bits per heavy atom. The monoisotopic (exact) mass is 288 g/mol. The lowest BCUT2D eigenvalue weighted by atomic mass is 10.2. The SMILES string of the molecule is CC(C)OC(=O)NCCCCCCNC(=O)OC(C)C. The number of alkyl carbamates (subject to hydrolysis) is 2. The fraction of sp³-hybridized carbons (Fsp3) is 0.857. The summed E-state index contributed by atoms with van der Waals surface area (Å²) >= 11 is 0. The smallest absolute Gasteiger partial charge is 0.407 e. The minimum absolute atomic E-state index is 0.0910. The molecule has 2 amide bonds. The molecule has 0 aromatic carbocycles. The summed E-state index contributed by atoms with van der Waals surface area (Å²) in [6.07, 6.45) is 2.91. The van der Waals surface area contributed by atoms with Gasteiger partial charge in [0.05, 0.1) is 12.2 Å². The lowest BCUT2D eigenvalue weighted by molar-refractivity contribution is 0.114. The van der Waals surface area contributed by atoms with E-state index in [2.05, 4.69) is 10.6 Å². The molecule has 0 aliphatic heterocycles. The molecule has 0 bridgehead atoms. The Balaban J connectivity index is 3.29. The van der Waals surface area contributed by atoms with Crippen molar-refractivity contribution >= 4 is 12.2 Å². The average molecular weight is 288 g/mol. The van der Waals surface area contributed by atoms with Gasteiger partial charge < -0.3 is 20.1 Å². The minimum atomic E-state index is -0.363. The fourth-order valence-corrected chi connectivity index (χ4v) is 1.50. The summed E-state index contributed by atoms with van der Waals surface area (Å²) in [7, 11) is 0. The number of nitrogens with one attached hydrogen (secondary N) is 2. The largest absolute Gasteiger partial charge is 0.447 e. The number of ether oxygens (including phenoxy) is 2. The molecule has 0 spiro atoms. The van der Waals surface area contributed by atoms with E-state index in [9.17, 15) is 9.59 Å². The van der Waals surface area contributed by atoms with Crippen LogP contribution in [-0.4, -0.2) is 37.5 Å². The Morgan fingerprint density at radius 2 is 1.10 bits per heavy atom. The number of carbonyl (C=O) groups excluding carboxylic acids is 2. The standard InChI is InChI=1S/C14H28N2O4/c1-11(2)19-13(17)15-9-7-5-6-8-10-16-14(18)20-12(3)4/h11-12H,5-10H2,1-4H3,(H,15,17)(H,16,18). The predicted molar refractivity (Wildman–Crippen MR) is 77.7 cm³/mol. The number of hydrogen-bond donors (Lipinski definition) is 2. The summed E-state index contributed by atoms with van der Waals surface area (Å²) in [5, 5.41) is 5.39. The molecule has 0 saturated heterocycles. The Kier molecular flexibility index (Phi) is 10.5. The van der Waals surface area contributed by atoms with Crippen molar-refractivity contribution in [2.24, 2.45) is 0 Å². The Morgan fingerprint density at radius 1 is 0.750 bits per heavy atom. The molecular weight excluding hydrogens is 260 g/mol. The van der Waals surface area contributed by atoms with Gasteiger partial charge in [0.25, 0.3) is 0 Å². The maximum absolute atomic E-state index is 11.2. The molecule has 6 nitrogen and oxygen atoms in total. The summed E-state index contributed by atoms with van der Waals surface area (Å²) in [6.45, 7) is 8.50. The van der Waals surface area contributed by atoms with Gasteiger partial charge in [-0.25, -0.2) is 9.59 Å². The van der Waals surface area contributed by atoms with Crippen LogP contribution in [0.3, 0.4) is 0 Å². The molecule has 0 saturated carbocycles. The van der Waals surface area contributed by atoms with E-state index in [1.807, 2.05) is 27.7 Å². The Hall–Kier alpha value is -1.46. The van der Waals surface area contributed by atoms with Gasteiger partial charge in [0, 0.05) is 13.1 Å². The van der Waals surface area contributed by atoms with E-state index in [1.54, 1.807) is 0 Å². The first-order valence-corrected chi connectivity index (χ1v) is 7.30. The van der Waals surface area contributed by atoms with Gasteiger partial charge in [-0.1, -0.05) is 12.8 Å². The van der Waals surface area contributed by atoms with Crippen LogP contribution in [0.5, 0.6) is 0 Å². The second-order valence-electron chi connectivity index (χ2n) is 5.18. The summed E-state index contributed by atoms with van der Waals surface area (Å²) in [5.41, 5.74) is 0. The van der Waals surface area contributed by atoms with Crippen molar-refractivity contribution in [3.05, 3.63) is 0 Å². The molecule has 118 valence electrons. The van der Waals surface area contributed by atoms with E-state index >= 15 is 0 Å². The first-order valence-electron chi connectivity index (χ1n) is 7.30. The average Bonchev–Trinajstić information content (AvgIpc) is 2.30. The van der Waals surface area contributed by atoms with Gasteiger partial charge in [-0.05, 0) is 40.5 Å². The van der Waals surface area contributed by atoms with E-state index in [0.29, 0.717) is 13.1 Å². The van der Waals surface area contributed by atoms with E-state index in [-0.39, 0.29) is 24.4 Å². The van der Waals surface area contributed by atoms with Crippen LogP contribution < -0.4 is 10.6 Å². The highest BCUT2D eigenvalue weighted by molar-refractivity contribution is 5.67. The maximum Gasteiger partial charge on any atom is 0.407 e. The summed E-state index contributed by atoms with van der Waals surface area (Å²) in [6, 6.07) is 0. The van der Waals surface area contributed by atoms with Crippen LogP contribution in [-0.2, 0) is 9.47 Å². The van der Waals surface area contributed by atoms with Crippen LogP contribution in [0.4, 0.5) is 9.59 Å². The first-order chi connectivity index (χ1) is 9.41. The van der Waals surface area contributed by atoms with Gasteiger partial charge in [0.1, 0.15) is 0 Å². The summed E-state index contributed by atoms with van der Waals surface area (Å²) in [4.78, 5) is 22.3. The molecule has 0 rings (SSSR count). The molecule has 0 radical (unpaired) electrons. The molecule has 0 aromatic rings. The molecule has 0 aromatic heterocycles. The molecule has 0 atom stereocenters. The van der Waals surface area contributed by atoms with Gasteiger partial charge >= 0.3 is 12.2 Å². The Bertz CT molecular complexity index is 252. The van der Waals surface area contributed by atoms with Crippen molar-refractivity contribution in [1.82, 2.24) is 10.6 Å². The quantitative estimate of drug-likeness (QED) is 0.640. The normalized spacial score (nSPS) is 10.5. The zero-order chi connectivity index (χ0) is 15.4. The highest BCUT2D eigenvalue weighted by Crippen LogP contribution is 1.99. The fourth-order valence-electron chi connectivity index (χ4n) is 1.50.